The van der Waals surface area contributed by atoms with Gasteiger partial charge in [0.05, 0.1) is 28.3 Å². The second-order valence-electron chi connectivity index (χ2n) is 7.37. The highest BCUT2D eigenvalue weighted by molar-refractivity contribution is 6.31. The monoisotopic (exact) mass is 470 g/mol. The van der Waals surface area contributed by atoms with Crippen LogP contribution >= 0.6 is 11.6 Å². The molecule has 0 saturated carbocycles. The first-order valence-electron chi connectivity index (χ1n) is 10.4. The Hall–Kier alpha value is -2.59. The standard InChI is InChI=1S/C21H26ClF3N6O/c1-4-29(5-2)12-13-30-16-9-7-6-8-15(16)26-20(30)27-17(32)10-11-31-14(3)18(22)19(28-31)21(23,24)25/h6-9H,4-5,10-13H2,1-3H3,(H,26,27,32). The molecule has 32 heavy (non-hydrogen) atoms. The van der Waals surface area contributed by atoms with Crippen LogP contribution in [-0.2, 0) is 24.1 Å². The van der Waals surface area contributed by atoms with Gasteiger partial charge in [0.1, 0.15) is 0 Å². The first-order chi connectivity index (χ1) is 15.2. The van der Waals surface area contributed by atoms with Gasteiger partial charge in [-0.1, -0.05) is 37.6 Å². The number of likely N-dealkylation sites (N-methyl/N-ethyl adjacent to an activating group) is 1. The van der Waals surface area contributed by atoms with Gasteiger partial charge < -0.3 is 9.47 Å². The third-order valence-corrected chi connectivity index (χ3v) is 5.85. The van der Waals surface area contributed by atoms with E-state index in [1.807, 2.05) is 28.8 Å². The van der Waals surface area contributed by atoms with Crippen molar-refractivity contribution in [3.63, 3.8) is 0 Å². The fraction of sp³-hybridized carbons (Fsp3) is 0.476. The van der Waals surface area contributed by atoms with E-state index in [0.717, 1.165) is 35.3 Å². The number of aryl methyl sites for hydroxylation is 1. The van der Waals surface area contributed by atoms with E-state index < -0.39 is 16.9 Å². The topological polar surface area (TPSA) is 68.0 Å². The maximum absolute atomic E-state index is 13.0. The van der Waals surface area contributed by atoms with E-state index in [4.69, 9.17) is 11.6 Å². The molecule has 0 aliphatic rings. The molecular formula is C21H26ClF3N6O. The molecule has 0 saturated heterocycles. The first kappa shape index (κ1) is 24.1. The Labute approximate surface area is 189 Å². The van der Waals surface area contributed by atoms with E-state index >= 15 is 0 Å². The Bertz CT molecular complexity index is 1090. The van der Waals surface area contributed by atoms with Crippen LogP contribution in [0.15, 0.2) is 24.3 Å². The number of halogens is 4. The summed E-state index contributed by atoms with van der Waals surface area (Å²) in [6, 6.07) is 7.59. The number of benzene rings is 1. The zero-order valence-electron chi connectivity index (χ0n) is 18.2. The third kappa shape index (κ3) is 5.24. The number of amides is 1. The second-order valence-corrected chi connectivity index (χ2v) is 7.75. The number of carbonyl (C=O) groups excluding carboxylic acids is 1. The van der Waals surface area contributed by atoms with E-state index in [1.165, 1.54) is 6.92 Å². The predicted octanol–water partition coefficient (Wildman–Crippen LogP) is 4.58. The molecule has 0 aliphatic carbocycles. The van der Waals surface area contributed by atoms with Gasteiger partial charge in [0.2, 0.25) is 11.9 Å². The van der Waals surface area contributed by atoms with Gasteiger partial charge >= 0.3 is 6.18 Å². The van der Waals surface area contributed by atoms with Crippen LogP contribution < -0.4 is 5.32 Å². The van der Waals surface area contributed by atoms with Crippen LogP contribution in [0.5, 0.6) is 0 Å². The van der Waals surface area contributed by atoms with Crippen LogP contribution in [0.3, 0.4) is 0 Å². The number of rotatable bonds is 9. The zero-order chi connectivity index (χ0) is 23.5. The molecule has 7 nitrogen and oxygen atoms in total. The normalized spacial score (nSPS) is 12.1. The second kappa shape index (κ2) is 9.91. The average Bonchev–Trinajstić information content (AvgIpc) is 3.24. The summed E-state index contributed by atoms with van der Waals surface area (Å²) >= 11 is 5.77. The fourth-order valence-electron chi connectivity index (χ4n) is 3.50. The minimum absolute atomic E-state index is 0.0346. The largest absolute Gasteiger partial charge is 0.436 e. The van der Waals surface area contributed by atoms with E-state index in [0.29, 0.717) is 12.5 Å². The van der Waals surface area contributed by atoms with Crippen molar-refractivity contribution in [3.05, 3.63) is 40.7 Å². The molecule has 2 heterocycles. The van der Waals surface area contributed by atoms with E-state index in [9.17, 15) is 18.0 Å². The molecule has 0 atom stereocenters. The molecule has 3 rings (SSSR count). The highest BCUT2D eigenvalue weighted by Gasteiger charge is 2.38. The quantitative estimate of drug-likeness (QED) is 0.497. The number of imidazole rings is 1. The van der Waals surface area contributed by atoms with Crippen molar-refractivity contribution in [2.75, 3.05) is 25.0 Å². The minimum atomic E-state index is -4.65. The van der Waals surface area contributed by atoms with Gasteiger partial charge in [0, 0.05) is 19.5 Å². The van der Waals surface area contributed by atoms with Crippen LogP contribution in [0, 0.1) is 6.92 Å². The molecule has 174 valence electrons. The summed E-state index contributed by atoms with van der Waals surface area (Å²) in [5.41, 5.74) is 0.680. The molecule has 0 bridgehead atoms. The van der Waals surface area contributed by atoms with E-state index in [1.54, 1.807) is 0 Å². The lowest BCUT2D eigenvalue weighted by atomic mass is 10.3. The number of aromatic nitrogens is 4. The Morgan fingerprint density at radius 1 is 1.19 bits per heavy atom. The summed E-state index contributed by atoms with van der Waals surface area (Å²) in [4.78, 5) is 19.4. The smallest absolute Gasteiger partial charge is 0.309 e. The number of hydrogen-bond acceptors (Lipinski definition) is 4. The summed E-state index contributed by atoms with van der Waals surface area (Å²) < 4.78 is 42.1. The minimum Gasteiger partial charge on any atom is -0.309 e. The van der Waals surface area contributed by atoms with Crippen LogP contribution in [0.4, 0.5) is 19.1 Å². The SMILES string of the molecule is CCN(CC)CCn1c(NC(=O)CCn2nc(C(F)(F)F)c(Cl)c2C)nc2ccccc21. The van der Waals surface area contributed by atoms with E-state index in [-0.39, 0.29) is 24.6 Å². The van der Waals surface area contributed by atoms with Crippen molar-refractivity contribution in [2.45, 2.75) is 46.5 Å². The number of carbonyl (C=O) groups is 1. The third-order valence-electron chi connectivity index (χ3n) is 5.39. The Morgan fingerprint density at radius 3 is 2.50 bits per heavy atom. The van der Waals surface area contributed by atoms with Gasteiger partial charge in [-0.15, -0.1) is 0 Å². The lowest BCUT2D eigenvalue weighted by Gasteiger charge is -2.19. The molecule has 1 amide bonds. The van der Waals surface area contributed by atoms with Gasteiger partial charge in [-0.3, -0.25) is 14.8 Å². The van der Waals surface area contributed by atoms with Crippen molar-refractivity contribution in [2.24, 2.45) is 0 Å². The number of para-hydroxylation sites is 2. The van der Waals surface area contributed by atoms with Crippen molar-refractivity contribution in [1.29, 1.82) is 0 Å². The van der Waals surface area contributed by atoms with Crippen molar-refractivity contribution in [1.82, 2.24) is 24.2 Å². The number of fused-ring (bicyclic) bond motifs is 1. The van der Waals surface area contributed by atoms with Crippen molar-refractivity contribution < 1.29 is 18.0 Å². The van der Waals surface area contributed by atoms with Gasteiger partial charge in [-0.2, -0.15) is 18.3 Å². The molecule has 3 aromatic rings. The number of nitrogens with zero attached hydrogens (tertiary/aromatic N) is 5. The molecule has 1 aromatic carbocycles. The molecular weight excluding hydrogens is 445 g/mol. The number of alkyl halides is 3. The Balaban J connectivity index is 1.74. The van der Waals surface area contributed by atoms with Crippen LogP contribution in [0.1, 0.15) is 31.7 Å². The van der Waals surface area contributed by atoms with Gasteiger partial charge in [-0.05, 0) is 32.1 Å². The molecule has 1 N–H and O–H groups in total. The highest BCUT2D eigenvalue weighted by Crippen LogP contribution is 2.35. The summed E-state index contributed by atoms with van der Waals surface area (Å²) in [6.07, 6.45) is -4.72. The Kier molecular flexibility index (Phi) is 7.45. The van der Waals surface area contributed by atoms with Gasteiger partial charge in [0.15, 0.2) is 5.69 Å². The van der Waals surface area contributed by atoms with Crippen molar-refractivity contribution in [3.8, 4) is 0 Å². The van der Waals surface area contributed by atoms with Crippen LogP contribution in [0.25, 0.3) is 11.0 Å². The van der Waals surface area contributed by atoms with Crippen molar-refractivity contribution >= 4 is 34.5 Å². The number of nitrogens with one attached hydrogen (secondary N) is 1. The average molecular weight is 471 g/mol. The molecule has 11 heteroatoms. The molecule has 0 radical (unpaired) electrons. The molecule has 0 fully saturated rings. The molecule has 0 unspecified atom stereocenters. The Morgan fingerprint density at radius 2 is 1.88 bits per heavy atom. The van der Waals surface area contributed by atoms with Crippen LogP contribution in [0.2, 0.25) is 5.02 Å². The fourth-order valence-corrected chi connectivity index (χ4v) is 3.74. The predicted molar refractivity (Wildman–Crippen MR) is 118 cm³/mol. The number of hydrogen-bond donors (Lipinski definition) is 1. The van der Waals surface area contributed by atoms with Gasteiger partial charge in [0.25, 0.3) is 0 Å². The molecule has 0 spiro atoms. The lowest BCUT2D eigenvalue weighted by Crippen LogP contribution is -2.28. The summed E-state index contributed by atoms with van der Waals surface area (Å²) in [7, 11) is 0. The highest BCUT2D eigenvalue weighted by atomic mass is 35.5. The maximum atomic E-state index is 13.0. The zero-order valence-corrected chi connectivity index (χ0v) is 19.0. The van der Waals surface area contributed by atoms with Crippen LogP contribution in [-0.4, -0.2) is 49.8 Å². The first-order valence-corrected chi connectivity index (χ1v) is 10.8. The summed E-state index contributed by atoms with van der Waals surface area (Å²) in [5.74, 6) is 0.0403. The van der Waals surface area contributed by atoms with E-state index in [2.05, 4.69) is 34.1 Å². The summed E-state index contributed by atoms with van der Waals surface area (Å²) in [6.45, 7) is 8.84. The maximum Gasteiger partial charge on any atom is 0.436 e. The molecule has 0 aliphatic heterocycles. The number of anilines is 1. The molecule has 2 aromatic heterocycles. The summed E-state index contributed by atoms with van der Waals surface area (Å²) in [5, 5.41) is 5.88. The lowest BCUT2D eigenvalue weighted by molar-refractivity contribution is -0.141. The van der Waals surface area contributed by atoms with Gasteiger partial charge in [-0.25, -0.2) is 4.98 Å².